The zero-order chi connectivity index (χ0) is 16.6. The van der Waals surface area contributed by atoms with Gasteiger partial charge in [0.15, 0.2) is 0 Å². The van der Waals surface area contributed by atoms with Gasteiger partial charge >= 0.3 is 0 Å². The average Bonchev–Trinajstić information content (AvgIpc) is 3.02. The predicted molar refractivity (Wildman–Crippen MR) is 93.8 cm³/mol. The Bertz CT molecular complexity index is 822. The molecule has 1 aliphatic rings. The molecule has 0 bridgehead atoms. The first kappa shape index (κ1) is 16.8. The van der Waals surface area contributed by atoms with Crippen molar-refractivity contribution in [3.63, 3.8) is 0 Å². The minimum absolute atomic E-state index is 0.134. The Kier molecular flexibility index (Phi) is 4.70. The van der Waals surface area contributed by atoms with E-state index < -0.39 is 10.0 Å². The first-order valence-electron chi connectivity index (χ1n) is 7.40. The second kappa shape index (κ2) is 6.44. The number of sulfonamides is 1. The molecule has 0 amide bonds. The van der Waals surface area contributed by atoms with Crippen molar-refractivity contribution in [2.45, 2.75) is 24.2 Å². The SMILES string of the molecule is Cc1cc(S(=O)(=O)N2CCC(c3ccccc3)C2)c(Cl)cc1Cl. The first-order chi connectivity index (χ1) is 10.9. The molecule has 0 aromatic heterocycles. The van der Waals surface area contributed by atoms with E-state index in [-0.39, 0.29) is 15.8 Å². The molecule has 2 aromatic carbocycles. The number of halogens is 2. The Labute approximate surface area is 146 Å². The molecular formula is C17H17Cl2NO2S. The summed E-state index contributed by atoms with van der Waals surface area (Å²) in [5.74, 6) is 0.221. The van der Waals surface area contributed by atoms with Crippen LogP contribution in [0, 0.1) is 6.92 Å². The van der Waals surface area contributed by atoms with Gasteiger partial charge in [-0.05, 0) is 42.5 Å². The molecule has 0 radical (unpaired) electrons. The quantitative estimate of drug-likeness (QED) is 0.799. The fraction of sp³-hybridized carbons (Fsp3) is 0.294. The van der Waals surface area contributed by atoms with Crippen LogP contribution < -0.4 is 0 Å². The van der Waals surface area contributed by atoms with Crippen LogP contribution >= 0.6 is 23.2 Å². The second-order valence-electron chi connectivity index (χ2n) is 5.79. The third kappa shape index (κ3) is 3.26. The Hall–Kier alpha value is -1.07. The Morgan fingerprint density at radius 3 is 2.48 bits per heavy atom. The molecule has 0 aliphatic carbocycles. The number of aryl methyl sites for hydroxylation is 1. The zero-order valence-electron chi connectivity index (χ0n) is 12.7. The highest BCUT2D eigenvalue weighted by Gasteiger charge is 2.34. The zero-order valence-corrected chi connectivity index (χ0v) is 15.0. The molecule has 23 heavy (non-hydrogen) atoms. The summed E-state index contributed by atoms with van der Waals surface area (Å²) in [5, 5.41) is 0.640. The van der Waals surface area contributed by atoms with Crippen LogP contribution in [0.4, 0.5) is 0 Å². The molecule has 122 valence electrons. The summed E-state index contributed by atoms with van der Waals surface area (Å²) in [4.78, 5) is 0.134. The summed E-state index contributed by atoms with van der Waals surface area (Å²) in [6, 6.07) is 13.0. The Balaban J connectivity index is 1.89. The molecule has 3 nitrogen and oxygen atoms in total. The van der Waals surface area contributed by atoms with Crippen molar-refractivity contribution in [1.29, 1.82) is 0 Å². The maximum Gasteiger partial charge on any atom is 0.244 e. The third-order valence-electron chi connectivity index (χ3n) is 4.25. The highest BCUT2D eigenvalue weighted by Crippen LogP contribution is 2.35. The van der Waals surface area contributed by atoms with Crippen molar-refractivity contribution >= 4 is 33.2 Å². The molecule has 2 aromatic rings. The summed E-state index contributed by atoms with van der Waals surface area (Å²) in [6.45, 7) is 2.75. The van der Waals surface area contributed by atoms with Gasteiger partial charge in [-0.2, -0.15) is 4.31 Å². The Morgan fingerprint density at radius 1 is 1.09 bits per heavy atom. The fourth-order valence-electron chi connectivity index (χ4n) is 2.91. The van der Waals surface area contributed by atoms with Crippen LogP contribution in [0.1, 0.15) is 23.5 Å². The van der Waals surface area contributed by atoms with Gasteiger partial charge in [-0.15, -0.1) is 0 Å². The van der Waals surface area contributed by atoms with Crippen LogP contribution in [-0.2, 0) is 10.0 Å². The van der Waals surface area contributed by atoms with Gasteiger partial charge in [0.05, 0.1) is 5.02 Å². The maximum absolute atomic E-state index is 12.9. The van der Waals surface area contributed by atoms with E-state index in [2.05, 4.69) is 0 Å². The maximum atomic E-state index is 12.9. The molecule has 6 heteroatoms. The van der Waals surface area contributed by atoms with E-state index in [4.69, 9.17) is 23.2 Å². The van der Waals surface area contributed by atoms with Crippen molar-refractivity contribution in [1.82, 2.24) is 4.31 Å². The van der Waals surface area contributed by atoms with E-state index in [0.29, 0.717) is 23.7 Å². The number of nitrogens with zero attached hydrogens (tertiary/aromatic N) is 1. The molecular weight excluding hydrogens is 353 g/mol. The molecule has 1 heterocycles. The molecule has 1 unspecified atom stereocenters. The molecule has 1 aliphatic heterocycles. The summed E-state index contributed by atoms with van der Waals surface area (Å²) < 4.78 is 27.3. The van der Waals surface area contributed by atoms with Crippen LogP contribution in [0.25, 0.3) is 0 Å². The van der Waals surface area contributed by atoms with Crippen molar-refractivity contribution in [2.75, 3.05) is 13.1 Å². The van der Waals surface area contributed by atoms with Gasteiger partial charge in [-0.3, -0.25) is 0 Å². The monoisotopic (exact) mass is 369 g/mol. The van der Waals surface area contributed by atoms with Crippen molar-refractivity contribution < 1.29 is 8.42 Å². The fourth-order valence-corrected chi connectivity index (χ4v) is 5.22. The van der Waals surface area contributed by atoms with E-state index in [9.17, 15) is 8.42 Å². The van der Waals surface area contributed by atoms with Crippen molar-refractivity contribution in [3.8, 4) is 0 Å². The van der Waals surface area contributed by atoms with E-state index >= 15 is 0 Å². The Morgan fingerprint density at radius 2 is 1.78 bits per heavy atom. The second-order valence-corrected chi connectivity index (χ2v) is 8.51. The van der Waals surface area contributed by atoms with Crippen molar-refractivity contribution in [2.24, 2.45) is 0 Å². The van der Waals surface area contributed by atoms with Gasteiger partial charge in [0, 0.05) is 18.1 Å². The predicted octanol–water partition coefficient (Wildman–Crippen LogP) is 4.48. The minimum atomic E-state index is -3.61. The van der Waals surface area contributed by atoms with Crippen LogP contribution in [-0.4, -0.2) is 25.8 Å². The molecule has 1 saturated heterocycles. The average molecular weight is 370 g/mol. The molecule has 0 spiro atoms. The number of benzene rings is 2. The lowest BCUT2D eigenvalue weighted by molar-refractivity contribution is 0.473. The lowest BCUT2D eigenvalue weighted by Gasteiger charge is -2.18. The molecule has 3 rings (SSSR count). The van der Waals surface area contributed by atoms with Gasteiger partial charge in [0.2, 0.25) is 10.0 Å². The smallest absolute Gasteiger partial charge is 0.207 e. The summed E-state index contributed by atoms with van der Waals surface area (Å²) in [5.41, 5.74) is 1.87. The van der Waals surface area contributed by atoms with Gasteiger partial charge in [-0.1, -0.05) is 53.5 Å². The minimum Gasteiger partial charge on any atom is -0.207 e. The highest BCUT2D eigenvalue weighted by atomic mass is 35.5. The van der Waals surface area contributed by atoms with Crippen LogP contribution in [0.5, 0.6) is 0 Å². The van der Waals surface area contributed by atoms with Gasteiger partial charge in [-0.25, -0.2) is 8.42 Å². The molecule has 0 saturated carbocycles. The van der Waals surface area contributed by atoms with E-state index in [0.717, 1.165) is 6.42 Å². The van der Waals surface area contributed by atoms with E-state index in [1.807, 2.05) is 30.3 Å². The van der Waals surface area contributed by atoms with E-state index in [1.54, 1.807) is 13.0 Å². The van der Waals surface area contributed by atoms with Crippen LogP contribution in [0.2, 0.25) is 10.0 Å². The summed E-state index contributed by atoms with van der Waals surface area (Å²) >= 11 is 12.1. The molecule has 1 atom stereocenters. The largest absolute Gasteiger partial charge is 0.244 e. The third-order valence-corrected chi connectivity index (χ3v) is 6.99. The van der Waals surface area contributed by atoms with Gasteiger partial charge in [0.25, 0.3) is 0 Å². The molecule has 0 N–H and O–H groups in total. The van der Waals surface area contributed by atoms with Crippen molar-refractivity contribution in [3.05, 3.63) is 63.6 Å². The lowest BCUT2D eigenvalue weighted by Crippen LogP contribution is -2.29. The standard InChI is InChI=1S/C17H17Cl2NO2S/c1-12-9-17(16(19)10-15(12)18)23(21,22)20-8-7-14(11-20)13-5-3-2-4-6-13/h2-6,9-10,14H,7-8,11H2,1H3. The number of rotatable bonds is 3. The highest BCUT2D eigenvalue weighted by molar-refractivity contribution is 7.89. The summed E-state index contributed by atoms with van der Waals surface area (Å²) in [7, 11) is -3.61. The lowest BCUT2D eigenvalue weighted by atomic mass is 9.99. The molecule has 1 fully saturated rings. The topological polar surface area (TPSA) is 37.4 Å². The summed E-state index contributed by atoms with van der Waals surface area (Å²) in [6.07, 6.45) is 0.813. The number of hydrogen-bond donors (Lipinski definition) is 0. The van der Waals surface area contributed by atoms with E-state index in [1.165, 1.54) is 15.9 Å². The van der Waals surface area contributed by atoms with Gasteiger partial charge < -0.3 is 0 Å². The van der Waals surface area contributed by atoms with Crippen LogP contribution in [0.3, 0.4) is 0 Å². The van der Waals surface area contributed by atoms with Crippen LogP contribution in [0.15, 0.2) is 47.4 Å². The first-order valence-corrected chi connectivity index (χ1v) is 9.60. The number of hydrogen-bond acceptors (Lipinski definition) is 2. The van der Waals surface area contributed by atoms with Gasteiger partial charge in [0.1, 0.15) is 4.90 Å². The normalized spacial score (nSPS) is 19.2.